The summed E-state index contributed by atoms with van der Waals surface area (Å²) in [6, 6.07) is 15.5. The summed E-state index contributed by atoms with van der Waals surface area (Å²) >= 11 is 1.59. The number of quaternary nitrogens is 1. The summed E-state index contributed by atoms with van der Waals surface area (Å²) in [5, 5.41) is 5.81. The SMILES string of the molecule is CSc1ccccc1NC(=O)C[NH+](C)CC(=O)Nc1ccc(C(C)C)cc1. The van der Waals surface area contributed by atoms with E-state index < -0.39 is 0 Å². The summed E-state index contributed by atoms with van der Waals surface area (Å²) in [5.41, 5.74) is 2.81. The zero-order valence-corrected chi connectivity index (χ0v) is 17.2. The van der Waals surface area contributed by atoms with Crippen molar-refractivity contribution in [3.63, 3.8) is 0 Å². The van der Waals surface area contributed by atoms with Crippen LogP contribution >= 0.6 is 11.8 Å². The number of carbonyl (C=O) groups excluding carboxylic acids is 2. The predicted molar refractivity (Wildman–Crippen MR) is 113 cm³/mol. The molecule has 0 bridgehead atoms. The molecule has 0 aromatic heterocycles. The molecule has 0 heterocycles. The highest BCUT2D eigenvalue weighted by Crippen LogP contribution is 2.24. The van der Waals surface area contributed by atoms with Crippen molar-refractivity contribution < 1.29 is 14.5 Å². The maximum absolute atomic E-state index is 12.3. The molecule has 2 aromatic carbocycles. The third-order valence-electron chi connectivity index (χ3n) is 4.17. The summed E-state index contributed by atoms with van der Waals surface area (Å²) in [5.74, 6) is 0.241. The Kier molecular flexibility index (Phi) is 7.88. The van der Waals surface area contributed by atoms with Gasteiger partial charge in [-0.25, -0.2) is 0 Å². The van der Waals surface area contributed by atoms with Gasteiger partial charge in [0.15, 0.2) is 13.1 Å². The molecule has 27 heavy (non-hydrogen) atoms. The van der Waals surface area contributed by atoms with E-state index in [1.807, 2.05) is 61.8 Å². The number of likely N-dealkylation sites (N-methyl/N-ethyl adjacent to an activating group) is 1. The Morgan fingerprint density at radius 2 is 1.56 bits per heavy atom. The first-order chi connectivity index (χ1) is 12.9. The summed E-state index contributed by atoms with van der Waals surface area (Å²) < 4.78 is 0. The summed E-state index contributed by atoms with van der Waals surface area (Å²) in [4.78, 5) is 26.3. The smallest absolute Gasteiger partial charge is 0.279 e. The minimum atomic E-state index is -0.109. The summed E-state index contributed by atoms with van der Waals surface area (Å²) in [6.45, 7) is 4.72. The molecular formula is C21H28N3O2S+. The summed E-state index contributed by atoms with van der Waals surface area (Å²) in [6.07, 6.45) is 1.97. The Morgan fingerprint density at radius 1 is 0.963 bits per heavy atom. The Labute approximate surface area is 165 Å². The molecule has 1 unspecified atom stereocenters. The van der Waals surface area contributed by atoms with Gasteiger partial charge in [0.1, 0.15) is 0 Å². The number of hydrogen-bond donors (Lipinski definition) is 3. The molecule has 3 N–H and O–H groups in total. The second-order valence-corrected chi connectivity index (χ2v) is 7.73. The first-order valence-corrected chi connectivity index (χ1v) is 10.3. The van der Waals surface area contributed by atoms with Crippen molar-refractivity contribution in [2.75, 3.05) is 37.0 Å². The van der Waals surface area contributed by atoms with Crippen LogP contribution in [0.5, 0.6) is 0 Å². The predicted octanol–water partition coefficient (Wildman–Crippen LogP) is 2.62. The third kappa shape index (κ3) is 6.73. The Morgan fingerprint density at radius 3 is 2.15 bits per heavy atom. The number of benzene rings is 2. The molecule has 5 nitrogen and oxygen atoms in total. The molecule has 0 aliphatic carbocycles. The second kappa shape index (κ2) is 10.1. The van der Waals surface area contributed by atoms with Gasteiger partial charge >= 0.3 is 0 Å². The van der Waals surface area contributed by atoms with E-state index >= 15 is 0 Å². The molecule has 2 rings (SSSR count). The van der Waals surface area contributed by atoms with E-state index in [1.165, 1.54) is 5.56 Å². The van der Waals surface area contributed by atoms with Crippen molar-refractivity contribution in [3.8, 4) is 0 Å². The molecule has 1 atom stereocenters. The van der Waals surface area contributed by atoms with E-state index in [2.05, 4.69) is 24.5 Å². The lowest BCUT2D eigenvalue weighted by Crippen LogP contribution is -3.11. The normalized spacial score (nSPS) is 11.9. The number of thioether (sulfide) groups is 1. The highest BCUT2D eigenvalue weighted by molar-refractivity contribution is 7.98. The number of carbonyl (C=O) groups is 2. The molecule has 0 fully saturated rings. The van der Waals surface area contributed by atoms with Gasteiger partial charge in [-0.3, -0.25) is 9.59 Å². The van der Waals surface area contributed by atoms with Crippen molar-refractivity contribution in [1.29, 1.82) is 0 Å². The Hall–Kier alpha value is -2.31. The van der Waals surface area contributed by atoms with E-state index in [9.17, 15) is 9.59 Å². The van der Waals surface area contributed by atoms with Crippen LogP contribution in [-0.4, -0.2) is 38.2 Å². The van der Waals surface area contributed by atoms with Gasteiger partial charge in [0.2, 0.25) is 0 Å². The zero-order chi connectivity index (χ0) is 19.8. The van der Waals surface area contributed by atoms with Crippen LogP contribution < -0.4 is 15.5 Å². The van der Waals surface area contributed by atoms with Gasteiger partial charge in [0.25, 0.3) is 11.8 Å². The van der Waals surface area contributed by atoms with Gasteiger partial charge in [0, 0.05) is 10.6 Å². The average molecular weight is 387 g/mol. The minimum Gasteiger partial charge on any atom is -0.322 e. The van der Waals surface area contributed by atoms with E-state index in [-0.39, 0.29) is 24.9 Å². The van der Waals surface area contributed by atoms with Crippen LogP contribution in [0, 0.1) is 0 Å². The van der Waals surface area contributed by atoms with Crippen molar-refractivity contribution in [1.82, 2.24) is 0 Å². The van der Waals surface area contributed by atoms with E-state index in [0.29, 0.717) is 5.92 Å². The van der Waals surface area contributed by atoms with Crippen LogP contribution in [0.4, 0.5) is 11.4 Å². The van der Waals surface area contributed by atoms with Crippen LogP contribution in [0.3, 0.4) is 0 Å². The molecule has 0 radical (unpaired) electrons. The first-order valence-electron chi connectivity index (χ1n) is 9.03. The van der Waals surface area contributed by atoms with Crippen LogP contribution in [0.25, 0.3) is 0 Å². The standard InChI is InChI=1S/C21H27N3O2S/c1-15(2)16-9-11-17(12-10-16)22-20(25)13-24(3)14-21(26)23-18-7-5-6-8-19(18)27-4/h5-12,15H,13-14H2,1-4H3,(H,22,25)(H,23,26)/p+1. The number of amides is 2. The molecule has 0 aliphatic rings. The number of para-hydroxylation sites is 1. The van der Waals surface area contributed by atoms with Crippen molar-refractivity contribution in [3.05, 3.63) is 54.1 Å². The van der Waals surface area contributed by atoms with E-state index in [0.717, 1.165) is 21.2 Å². The fourth-order valence-corrected chi connectivity index (χ4v) is 3.26. The molecule has 0 saturated heterocycles. The highest BCUT2D eigenvalue weighted by Gasteiger charge is 2.15. The maximum Gasteiger partial charge on any atom is 0.279 e. The molecule has 0 aliphatic heterocycles. The molecule has 0 spiro atoms. The lowest BCUT2D eigenvalue weighted by Gasteiger charge is -2.15. The number of anilines is 2. The molecule has 6 heteroatoms. The van der Waals surface area contributed by atoms with Gasteiger partial charge < -0.3 is 15.5 Å². The van der Waals surface area contributed by atoms with Crippen LogP contribution in [0.15, 0.2) is 53.4 Å². The monoisotopic (exact) mass is 386 g/mol. The van der Waals surface area contributed by atoms with Crippen LogP contribution in [0.2, 0.25) is 0 Å². The lowest BCUT2D eigenvalue weighted by molar-refractivity contribution is -0.862. The maximum atomic E-state index is 12.3. The fourth-order valence-electron chi connectivity index (χ4n) is 2.71. The van der Waals surface area contributed by atoms with Crippen molar-refractivity contribution in [2.24, 2.45) is 0 Å². The topological polar surface area (TPSA) is 62.6 Å². The van der Waals surface area contributed by atoms with Crippen molar-refractivity contribution in [2.45, 2.75) is 24.7 Å². The largest absolute Gasteiger partial charge is 0.322 e. The quantitative estimate of drug-likeness (QED) is 0.611. The lowest BCUT2D eigenvalue weighted by atomic mass is 10.0. The Balaban J connectivity index is 1.82. The van der Waals surface area contributed by atoms with E-state index in [1.54, 1.807) is 11.8 Å². The molecule has 144 valence electrons. The Bertz CT molecular complexity index is 775. The highest BCUT2D eigenvalue weighted by atomic mass is 32.2. The minimum absolute atomic E-state index is 0.108. The van der Waals surface area contributed by atoms with Gasteiger partial charge in [-0.05, 0) is 42.0 Å². The number of hydrogen-bond acceptors (Lipinski definition) is 3. The van der Waals surface area contributed by atoms with Gasteiger partial charge in [-0.2, -0.15) is 0 Å². The molecule has 0 saturated carbocycles. The number of rotatable bonds is 8. The summed E-state index contributed by atoms with van der Waals surface area (Å²) in [7, 11) is 1.83. The van der Waals surface area contributed by atoms with Crippen molar-refractivity contribution >= 4 is 35.0 Å². The average Bonchev–Trinajstić information content (AvgIpc) is 2.62. The number of nitrogens with one attached hydrogen (secondary N) is 3. The van der Waals surface area contributed by atoms with Gasteiger partial charge in [-0.1, -0.05) is 38.1 Å². The van der Waals surface area contributed by atoms with Crippen LogP contribution in [-0.2, 0) is 9.59 Å². The molecular weight excluding hydrogens is 358 g/mol. The second-order valence-electron chi connectivity index (χ2n) is 6.88. The third-order valence-corrected chi connectivity index (χ3v) is 4.96. The fraction of sp³-hybridized carbons (Fsp3) is 0.333. The first kappa shape index (κ1) is 21.0. The molecule has 2 aromatic rings. The molecule has 2 amide bonds. The van der Waals surface area contributed by atoms with E-state index in [4.69, 9.17) is 0 Å². The van der Waals surface area contributed by atoms with Crippen LogP contribution in [0.1, 0.15) is 25.3 Å². The van der Waals surface area contributed by atoms with Gasteiger partial charge in [-0.15, -0.1) is 11.8 Å². The van der Waals surface area contributed by atoms with Gasteiger partial charge in [0.05, 0.1) is 12.7 Å². The zero-order valence-electron chi connectivity index (χ0n) is 16.3.